The maximum absolute atomic E-state index is 5.72. The van der Waals surface area contributed by atoms with Crippen molar-refractivity contribution in [1.82, 2.24) is 0 Å². The molecule has 0 aliphatic carbocycles. The van der Waals surface area contributed by atoms with Crippen LogP contribution in [0.25, 0.3) is 0 Å². The molecule has 3 heteroatoms. The third-order valence-electron chi connectivity index (χ3n) is 2.53. The molecule has 0 saturated carbocycles. The van der Waals surface area contributed by atoms with Gasteiger partial charge in [-0.25, -0.2) is 0 Å². The molecule has 0 aliphatic heterocycles. The van der Waals surface area contributed by atoms with Gasteiger partial charge in [-0.2, -0.15) is 0 Å². The molecule has 0 saturated heterocycles. The fourth-order valence-corrected chi connectivity index (χ4v) is 1.67. The second-order valence-electron chi connectivity index (χ2n) is 4.93. The van der Waals surface area contributed by atoms with Crippen molar-refractivity contribution in [2.75, 3.05) is 32.2 Å². The lowest BCUT2D eigenvalue weighted by Gasteiger charge is -2.07. The number of nitrogen functional groups attached to an aromatic ring is 1. The van der Waals surface area contributed by atoms with E-state index in [2.05, 4.69) is 19.9 Å². The lowest BCUT2D eigenvalue weighted by atomic mass is 10.1. The number of ether oxygens (including phenoxy) is 2. The zero-order valence-corrected chi connectivity index (χ0v) is 11.5. The third kappa shape index (κ3) is 7.30. The lowest BCUT2D eigenvalue weighted by molar-refractivity contribution is 0.0371. The fourth-order valence-electron chi connectivity index (χ4n) is 1.67. The minimum absolute atomic E-state index is 0.591. The summed E-state index contributed by atoms with van der Waals surface area (Å²) in [6, 6.07) is 8.02. The summed E-state index contributed by atoms with van der Waals surface area (Å²) in [5, 5.41) is 0. The highest BCUT2D eigenvalue weighted by Gasteiger charge is 1.96. The SMILES string of the molecule is CC(C)COCCOCCCc1cccc(N)c1. The first-order chi connectivity index (χ1) is 8.68. The molecule has 0 aliphatic rings. The van der Waals surface area contributed by atoms with Crippen LogP contribution in [0, 0.1) is 5.92 Å². The molecule has 0 aromatic heterocycles. The zero-order chi connectivity index (χ0) is 13.2. The summed E-state index contributed by atoms with van der Waals surface area (Å²) in [7, 11) is 0. The van der Waals surface area contributed by atoms with Crippen LogP contribution in [0.2, 0.25) is 0 Å². The predicted octanol–water partition coefficient (Wildman–Crippen LogP) is 2.89. The van der Waals surface area contributed by atoms with Crippen molar-refractivity contribution in [2.24, 2.45) is 5.92 Å². The molecule has 18 heavy (non-hydrogen) atoms. The summed E-state index contributed by atoms with van der Waals surface area (Å²) >= 11 is 0. The number of anilines is 1. The van der Waals surface area contributed by atoms with E-state index in [0.29, 0.717) is 19.1 Å². The minimum Gasteiger partial charge on any atom is -0.399 e. The molecule has 0 radical (unpaired) electrons. The van der Waals surface area contributed by atoms with Crippen LogP contribution in [-0.4, -0.2) is 26.4 Å². The molecule has 0 fully saturated rings. The standard InChI is InChI=1S/C15H25NO2/c1-13(2)12-18-10-9-17-8-4-6-14-5-3-7-15(16)11-14/h3,5,7,11,13H,4,6,8-10,12,16H2,1-2H3. The smallest absolute Gasteiger partial charge is 0.0700 e. The van der Waals surface area contributed by atoms with E-state index in [1.165, 1.54) is 5.56 Å². The van der Waals surface area contributed by atoms with Crippen molar-refractivity contribution in [3.8, 4) is 0 Å². The molecular formula is C15H25NO2. The van der Waals surface area contributed by atoms with Crippen molar-refractivity contribution < 1.29 is 9.47 Å². The average Bonchev–Trinajstić information content (AvgIpc) is 2.32. The van der Waals surface area contributed by atoms with Crippen LogP contribution in [0.1, 0.15) is 25.8 Å². The zero-order valence-electron chi connectivity index (χ0n) is 11.5. The maximum Gasteiger partial charge on any atom is 0.0700 e. The number of benzene rings is 1. The van der Waals surface area contributed by atoms with E-state index in [1.54, 1.807) is 0 Å². The number of nitrogens with two attached hydrogens (primary N) is 1. The molecule has 0 unspecified atom stereocenters. The van der Waals surface area contributed by atoms with E-state index in [0.717, 1.165) is 31.7 Å². The van der Waals surface area contributed by atoms with Gasteiger partial charge in [0, 0.05) is 18.9 Å². The Balaban J connectivity index is 1.96. The van der Waals surface area contributed by atoms with Gasteiger partial charge in [0.05, 0.1) is 13.2 Å². The van der Waals surface area contributed by atoms with Crippen LogP contribution >= 0.6 is 0 Å². The van der Waals surface area contributed by atoms with E-state index < -0.39 is 0 Å². The summed E-state index contributed by atoms with van der Waals surface area (Å²) < 4.78 is 10.9. The summed E-state index contributed by atoms with van der Waals surface area (Å²) in [6.45, 7) is 7.26. The normalized spacial score (nSPS) is 11.1. The van der Waals surface area contributed by atoms with Crippen LogP contribution in [0.3, 0.4) is 0 Å². The maximum atomic E-state index is 5.72. The van der Waals surface area contributed by atoms with Gasteiger partial charge in [0.1, 0.15) is 0 Å². The average molecular weight is 251 g/mol. The van der Waals surface area contributed by atoms with E-state index in [9.17, 15) is 0 Å². The van der Waals surface area contributed by atoms with Crippen molar-refractivity contribution in [1.29, 1.82) is 0 Å². The number of aryl methyl sites for hydroxylation is 1. The van der Waals surface area contributed by atoms with Crippen LogP contribution in [0.4, 0.5) is 5.69 Å². The third-order valence-corrected chi connectivity index (χ3v) is 2.53. The van der Waals surface area contributed by atoms with E-state index in [1.807, 2.05) is 18.2 Å². The van der Waals surface area contributed by atoms with Gasteiger partial charge in [0.2, 0.25) is 0 Å². The molecule has 0 heterocycles. The Hall–Kier alpha value is -1.06. The molecule has 1 aromatic rings. The highest BCUT2D eigenvalue weighted by atomic mass is 16.5. The number of rotatable bonds is 9. The van der Waals surface area contributed by atoms with E-state index in [-0.39, 0.29) is 0 Å². The molecule has 1 aromatic carbocycles. The largest absolute Gasteiger partial charge is 0.399 e. The van der Waals surface area contributed by atoms with Crippen LogP contribution < -0.4 is 5.73 Å². The van der Waals surface area contributed by atoms with Gasteiger partial charge in [0.25, 0.3) is 0 Å². The highest BCUT2D eigenvalue weighted by Crippen LogP contribution is 2.08. The Morgan fingerprint density at radius 1 is 1.11 bits per heavy atom. The Labute approximate surface area is 110 Å². The van der Waals surface area contributed by atoms with Gasteiger partial charge >= 0.3 is 0 Å². The monoisotopic (exact) mass is 251 g/mol. The minimum atomic E-state index is 0.591. The Bertz CT molecular complexity index is 326. The van der Waals surface area contributed by atoms with Gasteiger partial charge in [-0.1, -0.05) is 26.0 Å². The number of hydrogen-bond acceptors (Lipinski definition) is 3. The molecule has 0 bridgehead atoms. The predicted molar refractivity (Wildman–Crippen MR) is 75.7 cm³/mol. The summed E-state index contributed by atoms with van der Waals surface area (Å²) in [6.07, 6.45) is 2.03. The molecule has 2 N–H and O–H groups in total. The summed E-state index contributed by atoms with van der Waals surface area (Å²) in [5.74, 6) is 0.591. The topological polar surface area (TPSA) is 44.5 Å². The molecule has 0 amide bonds. The Morgan fingerprint density at radius 3 is 2.61 bits per heavy atom. The van der Waals surface area contributed by atoms with Crippen molar-refractivity contribution in [2.45, 2.75) is 26.7 Å². The molecule has 0 atom stereocenters. The van der Waals surface area contributed by atoms with Crippen molar-refractivity contribution in [3.05, 3.63) is 29.8 Å². The van der Waals surface area contributed by atoms with Gasteiger partial charge < -0.3 is 15.2 Å². The van der Waals surface area contributed by atoms with Gasteiger partial charge in [-0.15, -0.1) is 0 Å². The molecule has 1 rings (SSSR count). The van der Waals surface area contributed by atoms with Crippen LogP contribution in [0.15, 0.2) is 24.3 Å². The molecular weight excluding hydrogens is 226 g/mol. The van der Waals surface area contributed by atoms with Crippen LogP contribution in [0.5, 0.6) is 0 Å². The molecule has 102 valence electrons. The number of hydrogen-bond donors (Lipinski definition) is 1. The van der Waals surface area contributed by atoms with Gasteiger partial charge in [-0.05, 0) is 36.5 Å². The second kappa shape index (κ2) is 8.95. The van der Waals surface area contributed by atoms with Gasteiger partial charge in [-0.3, -0.25) is 0 Å². The van der Waals surface area contributed by atoms with Crippen molar-refractivity contribution in [3.63, 3.8) is 0 Å². The highest BCUT2D eigenvalue weighted by molar-refractivity contribution is 5.40. The molecule has 3 nitrogen and oxygen atoms in total. The Morgan fingerprint density at radius 2 is 1.89 bits per heavy atom. The summed E-state index contributed by atoms with van der Waals surface area (Å²) in [5.41, 5.74) is 7.82. The fraction of sp³-hybridized carbons (Fsp3) is 0.600. The van der Waals surface area contributed by atoms with E-state index in [4.69, 9.17) is 15.2 Å². The lowest BCUT2D eigenvalue weighted by Crippen LogP contribution is -2.09. The van der Waals surface area contributed by atoms with E-state index >= 15 is 0 Å². The van der Waals surface area contributed by atoms with Crippen molar-refractivity contribution >= 4 is 5.69 Å². The summed E-state index contributed by atoms with van der Waals surface area (Å²) in [4.78, 5) is 0. The quantitative estimate of drug-likeness (QED) is 0.542. The first kappa shape index (κ1) is 15.0. The van der Waals surface area contributed by atoms with Gasteiger partial charge in [0.15, 0.2) is 0 Å². The van der Waals surface area contributed by atoms with Crippen LogP contribution in [-0.2, 0) is 15.9 Å². The first-order valence-corrected chi connectivity index (χ1v) is 6.68. The Kier molecular flexibility index (Phi) is 7.46. The second-order valence-corrected chi connectivity index (χ2v) is 4.93. The molecule has 0 spiro atoms. The first-order valence-electron chi connectivity index (χ1n) is 6.68.